The average Bonchev–Trinajstić information content (AvgIpc) is 2.79. The van der Waals surface area contributed by atoms with Gasteiger partial charge in [-0.2, -0.15) is 0 Å². The van der Waals surface area contributed by atoms with Gasteiger partial charge in [0.1, 0.15) is 0 Å². The number of hydrogen-bond donors (Lipinski definition) is 1. The summed E-state index contributed by atoms with van der Waals surface area (Å²) < 4.78 is 5.58. The molecule has 0 aliphatic heterocycles. The van der Waals surface area contributed by atoms with Crippen LogP contribution in [0.25, 0.3) is 11.5 Å². The van der Waals surface area contributed by atoms with E-state index in [1.165, 1.54) is 0 Å². The molecule has 2 aromatic rings. The zero-order chi connectivity index (χ0) is 14.7. The molecule has 0 bridgehead atoms. The summed E-state index contributed by atoms with van der Waals surface area (Å²) in [6.45, 7) is 3.72. The van der Waals surface area contributed by atoms with Crippen LogP contribution in [0, 0.1) is 12.8 Å². The summed E-state index contributed by atoms with van der Waals surface area (Å²) in [4.78, 5) is 10.6. The highest BCUT2D eigenvalue weighted by molar-refractivity contribution is 6.31. The first kappa shape index (κ1) is 14.5. The Bertz CT molecular complexity index is 625. The maximum Gasteiger partial charge on any atom is 0.303 e. The minimum Gasteiger partial charge on any atom is -0.481 e. The van der Waals surface area contributed by atoms with Crippen molar-refractivity contribution in [1.29, 1.82) is 0 Å². The first-order chi connectivity index (χ1) is 9.47. The number of rotatable bonds is 5. The number of nitrogens with zero attached hydrogens (tertiary/aromatic N) is 2. The van der Waals surface area contributed by atoms with Crippen LogP contribution in [-0.4, -0.2) is 21.3 Å². The van der Waals surface area contributed by atoms with Crippen molar-refractivity contribution in [3.8, 4) is 11.5 Å². The van der Waals surface area contributed by atoms with Gasteiger partial charge in [-0.3, -0.25) is 4.79 Å². The van der Waals surface area contributed by atoms with Crippen LogP contribution in [0.3, 0.4) is 0 Å². The first-order valence-electron chi connectivity index (χ1n) is 6.27. The third-order valence-corrected chi connectivity index (χ3v) is 3.42. The van der Waals surface area contributed by atoms with E-state index < -0.39 is 5.97 Å². The Kier molecular flexibility index (Phi) is 4.39. The van der Waals surface area contributed by atoms with Crippen molar-refractivity contribution in [2.75, 3.05) is 0 Å². The Morgan fingerprint density at radius 3 is 2.90 bits per heavy atom. The van der Waals surface area contributed by atoms with Crippen molar-refractivity contribution in [2.24, 2.45) is 5.92 Å². The van der Waals surface area contributed by atoms with Crippen LogP contribution in [0.2, 0.25) is 5.02 Å². The van der Waals surface area contributed by atoms with E-state index in [0.29, 0.717) is 23.2 Å². The van der Waals surface area contributed by atoms with Crippen LogP contribution < -0.4 is 0 Å². The van der Waals surface area contributed by atoms with Gasteiger partial charge in [-0.05, 0) is 30.5 Å². The largest absolute Gasteiger partial charge is 0.481 e. The number of carboxylic acid groups (broad SMARTS) is 1. The van der Waals surface area contributed by atoms with E-state index in [1.54, 1.807) is 6.07 Å². The van der Waals surface area contributed by atoms with E-state index in [0.717, 1.165) is 11.1 Å². The van der Waals surface area contributed by atoms with Gasteiger partial charge in [-0.15, -0.1) is 10.2 Å². The summed E-state index contributed by atoms with van der Waals surface area (Å²) in [5.74, 6) is -0.0418. The Hall–Kier alpha value is -1.88. The lowest BCUT2D eigenvalue weighted by Crippen LogP contribution is -2.07. The third kappa shape index (κ3) is 3.36. The fraction of sp³-hybridized carbons (Fsp3) is 0.357. The Balaban J connectivity index is 2.17. The molecule has 0 aliphatic rings. The van der Waals surface area contributed by atoms with Gasteiger partial charge < -0.3 is 9.52 Å². The highest BCUT2D eigenvalue weighted by atomic mass is 35.5. The van der Waals surface area contributed by atoms with E-state index in [9.17, 15) is 4.79 Å². The van der Waals surface area contributed by atoms with Crippen LogP contribution >= 0.6 is 11.6 Å². The minimum atomic E-state index is -0.831. The molecule has 0 amide bonds. The van der Waals surface area contributed by atoms with E-state index in [-0.39, 0.29) is 12.3 Å². The topological polar surface area (TPSA) is 76.2 Å². The predicted molar refractivity (Wildman–Crippen MR) is 74.6 cm³/mol. The number of aliphatic carboxylic acids is 1. The second-order valence-electron chi connectivity index (χ2n) is 4.82. The van der Waals surface area contributed by atoms with Gasteiger partial charge >= 0.3 is 5.97 Å². The van der Waals surface area contributed by atoms with E-state index in [2.05, 4.69) is 10.2 Å². The van der Waals surface area contributed by atoms with Gasteiger partial charge in [0, 0.05) is 23.4 Å². The number of carboxylic acids is 1. The van der Waals surface area contributed by atoms with Gasteiger partial charge in [0.15, 0.2) is 0 Å². The Labute approximate surface area is 121 Å². The molecule has 1 atom stereocenters. The molecule has 6 heteroatoms. The summed E-state index contributed by atoms with van der Waals surface area (Å²) in [6, 6.07) is 5.48. The van der Waals surface area contributed by atoms with Crippen LogP contribution in [0.5, 0.6) is 0 Å². The zero-order valence-corrected chi connectivity index (χ0v) is 12.0. The summed E-state index contributed by atoms with van der Waals surface area (Å²) in [5, 5.41) is 17.3. The molecule has 106 valence electrons. The number of aromatic nitrogens is 2. The van der Waals surface area contributed by atoms with Crippen molar-refractivity contribution < 1.29 is 14.3 Å². The molecular formula is C14H15ClN2O3. The quantitative estimate of drug-likeness (QED) is 0.915. The summed E-state index contributed by atoms with van der Waals surface area (Å²) in [5.41, 5.74) is 1.67. The maximum absolute atomic E-state index is 10.6. The molecule has 0 spiro atoms. The second kappa shape index (κ2) is 6.05. The molecule has 1 aromatic carbocycles. The lowest BCUT2D eigenvalue weighted by molar-refractivity contribution is -0.137. The van der Waals surface area contributed by atoms with Gasteiger partial charge in [0.25, 0.3) is 0 Å². The molecule has 0 aliphatic carbocycles. The normalized spacial score (nSPS) is 12.3. The fourth-order valence-corrected chi connectivity index (χ4v) is 2.13. The fourth-order valence-electron chi connectivity index (χ4n) is 1.95. The SMILES string of the molecule is Cc1c(Cl)cccc1-c1nnc(CC(C)CC(=O)O)o1. The molecule has 0 radical (unpaired) electrons. The van der Waals surface area contributed by atoms with E-state index in [1.807, 2.05) is 26.0 Å². The van der Waals surface area contributed by atoms with Crippen LogP contribution in [0.4, 0.5) is 0 Å². The highest BCUT2D eigenvalue weighted by Crippen LogP contribution is 2.27. The van der Waals surface area contributed by atoms with Gasteiger partial charge in [-0.1, -0.05) is 24.6 Å². The number of hydrogen-bond acceptors (Lipinski definition) is 4. The molecule has 0 fully saturated rings. The monoisotopic (exact) mass is 294 g/mol. The lowest BCUT2D eigenvalue weighted by atomic mass is 10.0. The highest BCUT2D eigenvalue weighted by Gasteiger charge is 2.15. The maximum atomic E-state index is 10.6. The molecule has 5 nitrogen and oxygen atoms in total. The van der Waals surface area contributed by atoms with Crippen molar-refractivity contribution in [3.63, 3.8) is 0 Å². The van der Waals surface area contributed by atoms with Crippen molar-refractivity contribution in [2.45, 2.75) is 26.7 Å². The van der Waals surface area contributed by atoms with E-state index in [4.69, 9.17) is 21.1 Å². The predicted octanol–water partition coefficient (Wildman–Crippen LogP) is 3.35. The zero-order valence-electron chi connectivity index (χ0n) is 11.3. The Morgan fingerprint density at radius 1 is 1.45 bits per heavy atom. The number of halogens is 1. The van der Waals surface area contributed by atoms with Gasteiger partial charge in [0.2, 0.25) is 11.8 Å². The van der Waals surface area contributed by atoms with Gasteiger partial charge in [-0.25, -0.2) is 0 Å². The lowest BCUT2D eigenvalue weighted by Gasteiger charge is -2.04. The second-order valence-corrected chi connectivity index (χ2v) is 5.23. The molecule has 1 heterocycles. The van der Waals surface area contributed by atoms with Crippen LogP contribution in [0.15, 0.2) is 22.6 Å². The number of carbonyl (C=O) groups is 1. The molecule has 1 N–H and O–H groups in total. The van der Waals surface area contributed by atoms with Gasteiger partial charge in [0.05, 0.1) is 0 Å². The third-order valence-electron chi connectivity index (χ3n) is 3.01. The molecule has 1 unspecified atom stereocenters. The van der Waals surface area contributed by atoms with E-state index >= 15 is 0 Å². The van der Waals surface area contributed by atoms with Crippen LogP contribution in [0.1, 0.15) is 24.8 Å². The minimum absolute atomic E-state index is 0.0544. The molecule has 0 saturated heterocycles. The van der Waals surface area contributed by atoms with Crippen LogP contribution in [-0.2, 0) is 11.2 Å². The first-order valence-corrected chi connectivity index (χ1v) is 6.65. The Morgan fingerprint density at radius 2 is 2.20 bits per heavy atom. The van der Waals surface area contributed by atoms with Crippen molar-refractivity contribution >= 4 is 17.6 Å². The summed E-state index contributed by atoms with van der Waals surface area (Å²) in [7, 11) is 0. The summed E-state index contributed by atoms with van der Waals surface area (Å²) in [6.07, 6.45) is 0.521. The molecule has 20 heavy (non-hydrogen) atoms. The standard InChI is InChI=1S/C14H15ClN2O3/c1-8(7-13(18)19)6-12-16-17-14(20-12)10-4-3-5-11(15)9(10)2/h3-5,8H,6-7H2,1-2H3,(H,18,19). The molecule has 2 rings (SSSR count). The molecular weight excluding hydrogens is 280 g/mol. The molecule has 1 aromatic heterocycles. The van der Waals surface area contributed by atoms with Crippen molar-refractivity contribution in [3.05, 3.63) is 34.7 Å². The average molecular weight is 295 g/mol. The summed E-state index contributed by atoms with van der Waals surface area (Å²) >= 11 is 6.06. The smallest absolute Gasteiger partial charge is 0.303 e. The molecule has 0 saturated carbocycles. The number of benzene rings is 1. The van der Waals surface area contributed by atoms with Crippen molar-refractivity contribution in [1.82, 2.24) is 10.2 Å².